The Bertz CT molecular complexity index is 606. The molecule has 6 heteroatoms. The monoisotopic (exact) mass is 292 g/mol. The quantitative estimate of drug-likeness (QED) is 0.887. The Labute approximate surface area is 122 Å². The second kappa shape index (κ2) is 5.54. The molecule has 1 saturated carbocycles. The second-order valence-electron chi connectivity index (χ2n) is 5.11. The molecule has 0 bridgehead atoms. The van der Waals surface area contributed by atoms with Gasteiger partial charge in [0.1, 0.15) is 10.6 Å². The predicted molar refractivity (Wildman–Crippen MR) is 83.8 cm³/mol. The maximum atomic E-state index is 5.60. The Morgan fingerprint density at radius 1 is 1.40 bits per heavy atom. The van der Waals surface area contributed by atoms with Crippen LogP contribution in [0.15, 0.2) is 6.07 Å². The molecule has 5 nitrogen and oxygen atoms in total. The molecular formula is C14H20N4OS. The molecule has 2 heterocycles. The van der Waals surface area contributed by atoms with Gasteiger partial charge in [0.05, 0.1) is 11.5 Å². The molecule has 1 aliphatic rings. The summed E-state index contributed by atoms with van der Waals surface area (Å²) < 4.78 is 5.60. The highest BCUT2D eigenvalue weighted by molar-refractivity contribution is 7.18. The number of thiophene rings is 1. The molecule has 0 radical (unpaired) electrons. The van der Waals surface area contributed by atoms with Crippen LogP contribution in [-0.2, 0) is 4.74 Å². The molecule has 0 atom stereocenters. The molecular weight excluding hydrogens is 272 g/mol. The van der Waals surface area contributed by atoms with Gasteiger partial charge in [-0.2, -0.15) is 4.98 Å². The number of aryl methyl sites for hydroxylation is 1. The van der Waals surface area contributed by atoms with Crippen molar-refractivity contribution in [2.24, 2.45) is 0 Å². The minimum absolute atomic E-state index is 0.405. The standard InChI is InChI=1S/C14H20N4OS/c1-4-19-10-6-9(7-10)16-12-11-5-8(2)20-13(11)18-14(15-3)17-12/h5,9-10H,4,6-7H2,1-3H3,(H2,15,16,17,18). The van der Waals surface area contributed by atoms with Gasteiger partial charge in [0, 0.05) is 24.6 Å². The lowest BCUT2D eigenvalue weighted by Crippen LogP contribution is -2.41. The Morgan fingerprint density at radius 3 is 2.90 bits per heavy atom. The van der Waals surface area contributed by atoms with Crippen molar-refractivity contribution >= 4 is 33.3 Å². The largest absolute Gasteiger partial charge is 0.378 e. The highest BCUT2D eigenvalue weighted by Crippen LogP contribution is 2.33. The molecule has 0 unspecified atom stereocenters. The van der Waals surface area contributed by atoms with E-state index in [1.165, 1.54) is 4.88 Å². The zero-order chi connectivity index (χ0) is 14.1. The molecule has 2 aromatic heterocycles. The summed E-state index contributed by atoms with van der Waals surface area (Å²) in [6.07, 6.45) is 2.51. The summed E-state index contributed by atoms with van der Waals surface area (Å²) in [6, 6.07) is 2.61. The average Bonchev–Trinajstić information content (AvgIpc) is 2.76. The van der Waals surface area contributed by atoms with Crippen LogP contribution in [0.1, 0.15) is 24.6 Å². The maximum absolute atomic E-state index is 5.60. The van der Waals surface area contributed by atoms with E-state index in [9.17, 15) is 0 Å². The van der Waals surface area contributed by atoms with Crippen LogP contribution in [0.25, 0.3) is 10.2 Å². The first-order chi connectivity index (χ1) is 9.69. The van der Waals surface area contributed by atoms with Crippen molar-refractivity contribution in [1.29, 1.82) is 0 Å². The van der Waals surface area contributed by atoms with Gasteiger partial charge in [-0.15, -0.1) is 11.3 Å². The van der Waals surface area contributed by atoms with Gasteiger partial charge in [0.25, 0.3) is 0 Å². The fourth-order valence-corrected chi connectivity index (χ4v) is 3.39. The smallest absolute Gasteiger partial charge is 0.225 e. The van der Waals surface area contributed by atoms with Crippen LogP contribution >= 0.6 is 11.3 Å². The molecule has 0 amide bonds. The van der Waals surface area contributed by atoms with Crippen LogP contribution in [0.2, 0.25) is 0 Å². The first kappa shape index (κ1) is 13.6. The van der Waals surface area contributed by atoms with Gasteiger partial charge in [0.15, 0.2) is 0 Å². The molecule has 0 saturated heterocycles. The van der Waals surface area contributed by atoms with Crippen molar-refractivity contribution < 1.29 is 4.74 Å². The van der Waals surface area contributed by atoms with Gasteiger partial charge in [-0.3, -0.25) is 0 Å². The zero-order valence-corrected chi connectivity index (χ0v) is 12.9. The lowest BCUT2D eigenvalue weighted by molar-refractivity contribution is 0.00295. The van der Waals surface area contributed by atoms with Crippen LogP contribution in [0.3, 0.4) is 0 Å². The number of hydrogen-bond acceptors (Lipinski definition) is 6. The van der Waals surface area contributed by atoms with Crippen LogP contribution < -0.4 is 10.6 Å². The Morgan fingerprint density at radius 2 is 2.20 bits per heavy atom. The van der Waals surface area contributed by atoms with Crippen molar-refractivity contribution in [1.82, 2.24) is 9.97 Å². The van der Waals surface area contributed by atoms with E-state index in [1.54, 1.807) is 11.3 Å². The molecule has 3 rings (SSSR count). The number of ether oxygens (including phenoxy) is 1. The summed E-state index contributed by atoms with van der Waals surface area (Å²) in [4.78, 5) is 11.3. The molecule has 20 heavy (non-hydrogen) atoms. The van der Waals surface area contributed by atoms with Crippen LogP contribution in [-0.4, -0.2) is 35.8 Å². The summed E-state index contributed by atoms with van der Waals surface area (Å²) in [6.45, 7) is 4.94. The van der Waals surface area contributed by atoms with Crippen molar-refractivity contribution in [2.45, 2.75) is 38.8 Å². The van der Waals surface area contributed by atoms with Crippen LogP contribution in [0.4, 0.5) is 11.8 Å². The zero-order valence-electron chi connectivity index (χ0n) is 12.1. The molecule has 108 valence electrons. The first-order valence-corrected chi connectivity index (χ1v) is 7.85. The Balaban J connectivity index is 1.80. The van der Waals surface area contributed by atoms with Gasteiger partial charge < -0.3 is 15.4 Å². The molecule has 0 aromatic carbocycles. The molecule has 2 aromatic rings. The predicted octanol–water partition coefficient (Wildman–Crippen LogP) is 3.02. The maximum Gasteiger partial charge on any atom is 0.225 e. The normalized spacial score (nSPS) is 21.8. The highest BCUT2D eigenvalue weighted by Gasteiger charge is 2.30. The number of aromatic nitrogens is 2. The SMILES string of the molecule is CCOC1CC(Nc2nc(NC)nc3sc(C)cc23)C1. The van der Waals surface area contributed by atoms with Crippen molar-refractivity contribution in [2.75, 3.05) is 24.3 Å². The van der Waals surface area contributed by atoms with Gasteiger partial charge >= 0.3 is 0 Å². The summed E-state index contributed by atoms with van der Waals surface area (Å²) in [5.74, 6) is 1.60. The van der Waals surface area contributed by atoms with E-state index in [-0.39, 0.29) is 0 Å². The summed E-state index contributed by atoms with van der Waals surface area (Å²) in [5.41, 5.74) is 0. The topological polar surface area (TPSA) is 59.1 Å². The van der Waals surface area contributed by atoms with E-state index in [0.717, 1.165) is 35.5 Å². The number of nitrogens with one attached hydrogen (secondary N) is 2. The third-order valence-corrected chi connectivity index (χ3v) is 4.52. The third kappa shape index (κ3) is 2.58. The van der Waals surface area contributed by atoms with Gasteiger partial charge in [-0.25, -0.2) is 4.98 Å². The fraction of sp³-hybridized carbons (Fsp3) is 0.571. The van der Waals surface area contributed by atoms with Gasteiger partial charge in [-0.05, 0) is 32.8 Å². The molecule has 0 spiro atoms. The van der Waals surface area contributed by atoms with Crippen LogP contribution in [0.5, 0.6) is 0 Å². The van der Waals surface area contributed by atoms with Crippen molar-refractivity contribution in [3.63, 3.8) is 0 Å². The van der Waals surface area contributed by atoms with E-state index >= 15 is 0 Å². The molecule has 1 fully saturated rings. The number of fused-ring (bicyclic) bond motifs is 1. The third-order valence-electron chi connectivity index (χ3n) is 3.58. The van der Waals surface area contributed by atoms with E-state index in [2.05, 4.69) is 33.6 Å². The number of rotatable bonds is 5. The molecule has 1 aliphatic carbocycles. The van der Waals surface area contributed by atoms with Crippen molar-refractivity contribution in [3.8, 4) is 0 Å². The Hall–Kier alpha value is -1.40. The fourth-order valence-electron chi connectivity index (χ4n) is 2.51. The summed E-state index contributed by atoms with van der Waals surface area (Å²) in [7, 11) is 1.85. The van der Waals surface area contributed by atoms with Crippen molar-refractivity contribution in [3.05, 3.63) is 10.9 Å². The van der Waals surface area contributed by atoms with Gasteiger partial charge in [-0.1, -0.05) is 0 Å². The lowest BCUT2D eigenvalue weighted by Gasteiger charge is -2.35. The van der Waals surface area contributed by atoms with E-state index in [4.69, 9.17) is 4.74 Å². The Kier molecular flexibility index (Phi) is 3.76. The number of hydrogen-bond donors (Lipinski definition) is 2. The van der Waals surface area contributed by atoms with E-state index < -0.39 is 0 Å². The highest BCUT2D eigenvalue weighted by atomic mass is 32.1. The summed E-state index contributed by atoms with van der Waals surface area (Å²) >= 11 is 1.70. The first-order valence-electron chi connectivity index (χ1n) is 7.03. The number of nitrogens with zero attached hydrogens (tertiary/aromatic N) is 2. The van der Waals surface area contributed by atoms with E-state index in [1.807, 2.05) is 14.0 Å². The molecule has 2 N–H and O–H groups in total. The van der Waals surface area contributed by atoms with Crippen LogP contribution in [0, 0.1) is 6.92 Å². The van der Waals surface area contributed by atoms with E-state index in [0.29, 0.717) is 18.1 Å². The minimum Gasteiger partial charge on any atom is -0.378 e. The molecule has 0 aliphatic heterocycles. The minimum atomic E-state index is 0.405. The lowest BCUT2D eigenvalue weighted by atomic mass is 9.89. The van der Waals surface area contributed by atoms with Gasteiger partial charge in [0.2, 0.25) is 5.95 Å². The second-order valence-corrected chi connectivity index (χ2v) is 6.35. The number of anilines is 2. The average molecular weight is 292 g/mol. The summed E-state index contributed by atoms with van der Waals surface area (Å²) in [5, 5.41) is 7.68.